The molecule has 1 N–H and O–H groups in total. The molecule has 3 heterocycles. The normalized spacial score (nSPS) is 21.5. The molecule has 180 valence electrons. The van der Waals surface area contributed by atoms with E-state index in [0.717, 1.165) is 43.8 Å². The number of hydrogen-bond donors (Lipinski definition) is 1. The Morgan fingerprint density at radius 1 is 1.03 bits per heavy atom. The molecule has 2 saturated heterocycles. The monoisotopic (exact) mass is 463 g/mol. The number of ether oxygens (including phenoxy) is 2. The van der Waals surface area contributed by atoms with E-state index in [1.807, 2.05) is 17.0 Å². The molecule has 0 aromatic heterocycles. The molecule has 1 atom stereocenters. The molecular weight excluding hydrogens is 430 g/mol. The Hall–Kier alpha value is -2.90. The number of likely N-dealkylation sites (tertiary alicyclic amines) is 1. The van der Waals surface area contributed by atoms with Gasteiger partial charge in [-0.2, -0.15) is 0 Å². The minimum absolute atomic E-state index is 0.00900. The molecule has 7 nitrogen and oxygen atoms in total. The summed E-state index contributed by atoms with van der Waals surface area (Å²) in [5, 5.41) is 2.79. The number of rotatable bonds is 6. The van der Waals surface area contributed by atoms with Gasteiger partial charge in [0.1, 0.15) is 18.4 Å². The average Bonchev–Trinajstić information content (AvgIpc) is 3.19. The van der Waals surface area contributed by atoms with Crippen molar-refractivity contribution in [3.8, 4) is 5.75 Å². The molecular formula is C27H33N3O4. The molecule has 3 aliphatic rings. The Balaban J connectivity index is 1.14. The number of benzene rings is 2. The molecule has 0 aliphatic carbocycles. The molecule has 34 heavy (non-hydrogen) atoms. The van der Waals surface area contributed by atoms with E-state index in [1.54, 1.807) is 0 Å². The predicted molar refractivity (Wildman–Crippen MR) is 128 cm³/mol. The number of fused-ring (bicyclic) bond motifs is 1. The maximum atomic E-state index is 12.9. The quantitative estimate of drug-likeness (QED) is 0.713. The van der Waals surface area contributed by atoms with Crippen LogP contribution in [0.15, 0.2) is 48.5 Å². The van der Waals surface area contributed by atoms with Crippen molar-refractivity contribution in [1.29, 1.82) is 0 Å². The van der Waals surface area contributed by atoms with Gasteiger partial charge in [-0.05, 0) is 42.5 Å². The lowest BCUT2D eigenvalue weighted by atomic mass is 10.0. The van der Waals surface area contributed by atoms with Crippen LogP contribution in [0.25, 0.3) is 0 Å². The van der Waals surface area contributed by atoms with E-state index in [-0.39, 0.29) is 11.8 Å². The van der Waals surface area contributed by atoms with Crippen LogP contribution >= 0.6 is 0 Å². The van der Waals surface area contributed by atoms with Gasteiger partial charge in [0, 0.05) is 38.2 Å². The van der Waals surface area contributed by atoms with Gasteiger partial charge < -0.3 is 19.7 Å². The first-order valence-electron chi connectivity index (χ1n) is 12.3. The molecule has 0 bridgehead atoms. The summed E-state index contributed by atoms with van der Waals surface area (Å²) >= 11 is 0. The second-order valence-corrected chi connectivity index (χ2v) is 9.48. The van der Waals surface area contributed by atoms with Gasteiger partial charge in [0.15, 0.2) is 0 Å². The molecule has 0 spiro atoms. The van der Waals surface area contributed by atoms with Crippen LogP contribution in [-0.2, 0) is 34.0 Å². The fourth-order valence-corrected chi connectivity index (χ4v) is 5.03. The smallest absolute Gasteiger partial charge is 0.245 e. The third-order valence-electron chi connectivity index (χ3n) is 6.98. The van der Waals surface area contributed by atoms with Crippen molar-refractivity contribution in [3.05, 3.63) is 65.2 Å². The summed E-state index contributed by atoms with van der Waals surface area (Å²) < 4.78 is 12.1. The molecule has 0 unspecified atom stereocenters. The second kappa shape index (κ2) is 10.6. The predicted octanol–water partition coefficient (Wildman–Crippen LogP) is 2.87. The van der Waals surface area contributed by atoms with Gasteiger partial charge in [-0.25, -0.2) is 0 Å². The van der Waals surface area contributed by atoms with Crippen molar-refractivity contribution in [1.82, 2.24) is 15.1 Å². The van der Waals surface area contributed by atoms with Gasteiger partial charge in [-0.15, -0.1) is 0 Å². The molecule has 2 fully saturated rings. The highest BCUT2D eigenvalue weighted by molar-refractivity contribution is 5.90. The Bertz CT molecular complexity index is 1000. The van der Waals surface area contributed by atoms with Crippen LogP contribution in [0.2, 0.25) is 0 Å². The van der Waals surface area contributed by atoms with Crippen molar-refractivity contribution in [3.63, 3.8) is 0 Å². The SMILES string of the molecule is O=C1CC[C@H](C(=O)N2CCOc3ccc(CN4CCC(OCc5ccccc5)CC4)cc3C2)N1. The van der Waals surface area contributed by atoms with E-state index in [4.69, 9.17) is 9.47 Å². The van der Waals surface area contributed by atoms with E-state index < -0.39 is 6.04 Å². The second-order valence-electron chi connectivity index (χ2n) is 9.48. The summed E-state index contributed by atoms with van der Waals surface area (Å²) in [4.78, 5) is 28.8. The van der Waals surface area contributed by atoms with Crippen LogP contribution in [0.3, 0.4) is 0 Å². The standard InChI is InChI=1S/C27H33N3O4/c31-26-9-7-24(28-26)27(32)30-14-15-33-25-8-6-21(16-22(25)18-30)17-29-12-10-23(11-13-29)34-19-20-4-2-1-3-5-20/h1-6,8,16,23-24H,7,9-15,17-19H2,(H,28,31)/t24-/m1/s1. The van der Waals surface area contributed by atoms with Gasteiger partial charge in [0.2, 0.25) is 11.8 Å². The van der Waals surface area contributed by atoms with Crippen molar-refractivity contribution < 1.29 is 19.1 Å². The fraction of sp³-hybridized carbons (Fsp3) is 0.481. The van der Waals surface area contributed by atoms with Crippen LogP contribution in [0, 0.1) is 0 Å². The molecule has 0 radical (unpaired) electrons. The number of carbonyl (C=O) groups excluding carboxylic acids is 2. The lowest BCUT2D eigenvalue weighted by Gasteiger charge is -2.32. The topological polar surface area (TPSA) is 71.1 Å². The van der Waals surface area contributed by atoms with Crippen LogP contribution in [0.4, 0.5) is 0 Å². The zero-order chi connectivity index (χ0) is 23.3. The fourth-order valence-electron chi connectivity index (χ4n) is 5.03. The number of carbonyl (C=O) groups is 2. The third kappa shape index (κ3) is 5.59. The molecule has 0 saturated carbocycles. The first-order valence-corrected chi connectivity index (χ1v) is 12.3. The summed E-state index contributed by atoms with van der Waals surface area (Å²) in [6, 6.07) is 16.3. The minimum Gasteiger partial charge on any atom is -0.491 e. The van der Waals surface area contributed by atoms with Gasteiger partial charge >= 0.3 is 0 Å². The highest BCUT2D eigenvalue weighted by Crippen LogP contribution is 2.27. The number of nitrogens with zero attached hydrogens (tertiary/aromatic N) is 2. The van der Waals surface area contributed by atoms with Crippen molar-refractivity contribution in [2.24, 2.45) is 0 Å². The van der Waals surface area contributed by atoms with Gasteiger partial charge in [0.25, 0.3) is 0 Å². The number of piperidine rings is 1. The molecule has 5 rings (SSSR count). The Kier molecular flexibility index (Phi) is 7.11. The third-order valence-corrected chi connectivity index (χ3v) is 6.98. The Morgan fingerprint density at radius 3 is 2.62 bits per heavy atom. The Morgan fingerprint density at radius 2 is 1.85 bits per heavy atom. The Labute approximate surface area is 201 Å². The zero-order valence-corrected chi connectivity index (χ0v) is 19.6. The number of nitrogens with one attached hydrogen (secondary N) is 1. The lowest BCUT2D eigenvalue weighted by Crippen LogP contribution is -2.44. The molecule has 7 heteroatoms. The first-order chi connectivity index (χ1) is 16.6. The van der Waals surface area contributed by atoms with E-state index in [9.17, 15) is 9.59 Å². The lowest BCUT2D eigenvalue weighted by molar-refractivity contribution is -0.135. The van der Waals surface area contributed by atoms with E-state index in [1.165, 1.54) is 11.1 Å². The maximum Gasteiger partial charge on any atom is 0.245 e. The van der Waals surface area contributed by atoms with Crippen molar-refractivity contribution in [2.75, 3.05) is 26.2 Å². The molecule has 2 aromatic rings. The minimum atomic E-state index is -0.400. The van der Waals surface area contributed by atoms with Crippen LogP contribution in [-0.4, -0.2) is 60.0 Å². The van der Waals surface area contributed by atoms with Crippen LogP contribution < -0.4 is 10.1 Å². The highest BCUT2D eigenvalue weighted by Gasteiger charge is 2.32. The molecule has 3 aliphatic heterocycles. The van der Waals surface area contributed by atoms with E-state index >= 15 is 0 Å². The van der Waals surface area contributed by atoms with Gasteiger partial charge in [-0.3, -0.25) is 14.5 Å². The summed E-state index contributed by atoms with van der Waals surface area (Å²) in [5.74, 6) is 0.800. The summed E-state index contributed by atoms with van der Waals surface area (Å²) in [6.45, 7) is 5.10. The van der Waals surface area contributed by atoms with Crippen LogP contribution in [0.1, 0.15) is 42.4 Å². The number of amides is 2. The van der Waals surface area contributed by atoms with Crippen molar-refractivity contribution in [2.45, 2.75) is 57.5 Å². The molecule has 2 amide bonds. The van der Waals surface area contributed by atoms with Gasteiger partial charge in [-0.1, -0.05) is 36.4 Å². The first kappa shape index (κ1) is 22.9. The summed E-state index contributed by atoms with van der Waals surface area (Å²) in [5.41, 5.74) is 3.49. The number of hydrogen-bond acceptors (Lipinski definition) is 5. The average molecular weight is 464 g/mol. The summed E-state index contributed by atoms with van der Waals surface area (Å²) in [6.07, 6.45) is 3.39. The highest BCUT2D eigenvalue weighted by atomic mass is 16.5. The maximum absolute atomic E-state index is 12.9. The van der Waals surface area contributed by atoms with Gasteiger partial charge in [0.05, 0.1) is 19.3 Å². The zero-order valence-electron chi connectivity index (χ0n) is 19.6. The molecule has 2 aromatic carbocycles. The largest absolute Gasteiger partial charge is 0.491 e. The van der Waals surface area contributed by atoms with Crippen molar-refractivity contribution >= 4 is 11.8 Å². The van der Waals surface area contributed by atoms with Crippen LogP contribution in [0.5, 0.6) is 5.75 Å². The van der Waals surface area contributed by atoms with E-state index in [0.29, 0.717) is 45.2 Å². The summed E-state index contributed by atoms with van der Waals surface area (Å²) in [7, 11) is 0. The van der Waals surface area contributed by atoms with E-state index in [2.05, 4.69) is 46.6 Å².